The molecule has 13 heavy (non-hydrogen) atoms. The van der Waals surface area contributed by atoms with Crippen LogP contribution in [0.3, 0.4) is 0 Å². The molecule has 0 amide bonds. The number of aliphatic hydroxyl groups is 1. The zero-order valence-corrected chi connectivity index (χ0v) is 9.22. The van der Waals surface area contributed by atoms with Crippen LogP contribution in [0, 0.1) is 6.92 Å². The molecular formula is C7H8BrNO3S. The number of halogens is 1. The number of aromatic nitrogens is 1. The standard InChI is InChI=1S/C7H8BrNO3S/c1-3-6(8)13-5(9-3)2-4(10)7(11)12/h4,10H,2H2,1H3,(H,11,12). The molecule has 2 N–H and O–H groups in total. The monoisotopic (exact) mass is 265 g/mol. The predicted octanol–water partition coefficient (Wildman–Crippen LogP) is 1.20. The normalized spacial score (nSPS) is 12.8. The van der Waals surface area contributed by atoms with Crippen LogP contribution < -0.4 is 0 Å². The fourth-order valence-corrected chi connectivity index (χ4v) is 2.24. The molecule has 1 aromatic rings. The molecule has 0 saturated heterocycles. The summed E-state index contributed by atoms with van der Waals surface area (Å²) < 4.78 is 0.875. The Bertz CT molecular complexity index is 306. The van der Waals surface area contributed by atoms with Crippen LogP contribution in [0.5, 0.6) is 0 Å². The summed E-state index contributed by atoms with van der Waals surface area (Å²) in [5.41, 5.74) is 0.817. The zero-order valence-electron chi connectivity index (χ0n) is 6.82. The van der Waals surface area contributed by atoms with Gasteiger partial charge in [0.25, 0.3) is 0 Å². The van der Waals surface area contributed by atoms with Crippen molar-refractivity contribution in [3.8, 4) is 0 Å². The molecule has 6 heteroatoms. The lowest BCUT2D eigenvalue weighted by Crippen LogP contribution is -2.21. The molecule has 0 aliphatic rings. The Kier molecular flexibility index (Phi) is 3.40. The summed E-state index contributed by atoms with van der Waals surface area (Å²) in [6, 6.07) is 0. The van der Waals surface area contributed by atoms with Gasteiger partial charge in [-0.25, -0.2) is 9.78 Å². The lowest BCUT2D eigenvalue weighted by molar-refractivity contribution is -0.146. The molecule has 0 fully saturated rings. The number of nitrogens with zero attached hydrogens (tertiary/aromatic N) is 1. The van der Waals surface area contributed by atoms with Crippen molar-refractivity contribution in [1.29, 1.82) is 0 Å². The highest BCUT2D eigenvalue weighted by Gasteiger charge is 2.16. The minimum absolute atomic E-state index is 0.0619. The van der Waals surface area contributed by atoms with Gasteiger partial charge in [-0.05, 0) is 22.9 Å². The molecule has 1 unspecified atom stereocenters. The van der Waals surface area contributed by atoms with E-state index in [1.807, 2.05) is 6.92 Å². The van der Waals surface area contributed by atoms with E-state index in [-0.39, 0.29) is 6.42 Å². The van der Waals surface area contributed by atoms with E-state index in [4.69, 9.17) is 10.2 Å². The first-order valence-electron chi connectivity index (χ1n) is 3.53. The van der Waals surface area contributed by atoms with Gasteiger partial charge in [-0.1, -0.05) is 0 Å². The van der Waals surface area contributed by atoms with Gasteiger partial charge in [0.15, 0.2) is 6.10 Å². The molecular weight excluding hydrogens is 258 g/mol. The molecule has 72 valence electrons. The van der Waals surface area contributed by atoms with E-state index >= 15 is 0 Å². The molecule has 0 saturated carbocycles. The first kappa shape index (κ1) is 10.6. The topological polar surface area (TPSA) is 70.4 Å². The Morgan fingerprint density at radius 3 is 2.77 bits per heavy atom. The smallest absolute Gasteiger partial charge is 0.332 e. The minimum atomic E-state index is -1.36. The van der Waals surface area contributed by atoms with E-state index in [1.165, 1.54) is 11.3 Å². The van der Waals surface area contributed by atoms with Crippen LogP contribution in [0.15, 0.2) is 3.79 Å². The third kappa shape index (κ3) is 2.75. The highest BCUT2D eigenvalue weighted by Crippen LogP contribution is 2.24. The number of aryl methyl sites for hydroxylation is 1. The van der Waals surface area contributed by atoms with Crippen LogP contribution in [-0.4, -0.2) is 27.3 Å². The van der Waals surface area contributed by atoms with Gasteiger partial charge < -0.3 is 10.2 Å². The number of hydrogen-bond donors (Lipinski definition) is 2. The second-order valence-electron chi connectivity index (χ2n) is 2.52. The molecule has 0 spiro atoms. The number of aliphatic hydroxyl groups excluding tert-OH is 1. The van der Waals surface area contributed by atoms with Crippen molar-refractivity contribution in [3.63, 3.8) is 0 Å². The second-order valence-corrected chi connectivity index (χ2v) is 4.93. The summed E-state index contributed by atoms with van der Waals surface area (Å²) in [7, 11) is 0. The van der Waals surface area contributed by atoms with Gasteiger partial charge in [-0.15, -0.1) is 11.3 Å². The molecule has 1 rings (SSSR count). The number of hydrogen-bond acceptors (Lipinski definition) is 4. The van der Waals surface area contributed by atoms with Crippen molar-refractivity contribution >= 4 is 33.2 Å². The zero-order chi connectivity index (χ0) is 10.0. The first-order valence-corrected chi connectivity index (χ1v) is 5.14. The Morgan fingerprint density at radius 1 is 1.77 bits per heavy atom. The third-order valence-corrected chi connectivity index (χ3v) is 3.46. The highest BCUT2D eigenvalue weighted by atomic mass is 79.9. The molecule has 1 heterocycles. The summed E-state index contributed by atoms with van der Waals surface area (Å²) in [6.45, 7) is 1.82. The van der Waals surface area contributed by atoms with Gasteiger partial charge in [-0.2, -0.15) is 0 Å². The molecule has 0 bridgehead atoms. The van der Waals surface area contributed by atoms with E-state index in [1.54, 1.807) is 0 Å². The van der Waals surface area contributed by atoms with Crippen molar-refractivity contribution in [2.24, 2.45) is 0 Å². The molecule has 0 aliphatic carbocycles. The van der Waals surface area contributed by atoms with E-state index in [0.717, 1.165) is 9.48 Å². The van der Waals surface area contributed by atoms with Gasteiger partial charge in [0.05, 0.1) is 14.5 Å². The molecule has 0 aromatic carbocycles. The summed E-state index contributed by atoms with van der Waals surface area (Å²) in [5.74, 6) is -1.22. The van der Waals surface area contributed by atoms with E-state index < -0.39 is 12.1 Å². The Morgan fingerprint density at radius 2 is 2.38 bits per heavy atom. The maximum atomic E-state index is 10.3. The number of carbonyl (C=O) groups is 1. The van der Waals surface area contributed by atoms with Crippen molar-refractivity contribution in [2.75, 3.05) is 0 Å². The van der Waals surface area contributed by atoms with Crippen LogP contribution in [0.4, 0.5) is 0 Å². The number of thiazole rings is 1. The maximum Gasteiger partial charge on any atom is 0.332 e. The lowest BCUT2D eigenvalue weighted by Gasteiger charge is -2.00. The van der Waals surface area contributed by atoms with Gasteiger partial charge >= 0.3 is 5.97 Å². The number of rotatable bonds is 3. The Hall–Kier alpha value is -0.460. The SMILES string of the molecule is Cc1nc(CC(O)C(=O)O)sc1Br. The largest absolute Gasteiger partial charge is 0.479 e. The summed E-state index contributed by atoms with van der Waals surface area (Å²) in [4.78, 5) is 14.4. The number of carboxylic acid groups (broad SMARTS) is 1. The molecule has 4 nitrogen and oxygen atoms in total. The average Bonchev–Trinajstić information content (AvgIpc) is 2.31. The lowest BCUT2D eigenvalue weighted by atomic mass is 10.3. The molecule has 1 aromatic heterocycles. The molecule has 0 aliphatic heterocycles. The van der Waals surface area contributed by atoms with Crippen molar-refractivity contribution in [2.45, 2.75) is 19.4 Å². The van der Waals surface area contributed by atoms with Crippen molar-refractivity contribution in [1.82, 2.24) is 4.98 Å². The molecule has 1 atom stereocenters. The van der Waals surface area contributed by atoms with Crippen molar-refractivity contribution in [3.05, 3.63) is 14.5 Å². The van der Waals surface area contributed by atoms with Crippen LogP contribution in [0.2, 0.25) is 0 Å². The first-order chi connectivity index (χ1) is 6.00. The van der Waals surface area contributed by atoms with Crippen LogP contribution in [0.1, 0.15) is 10.7 Å². The minimum Gasteiger partial charge on any atom is -0.479 e. The van der Waals surface area contributed by atoms with Crippen molar-refractivity contribution < 1.29 is 15.0 Å². The Labute approximate surface area is 87.4 Å². The van der Waals surface area contributed by atoms with Gasteiger partial charge in [-0.3, -0.25) is 0 Å². The van der Waals surface area contributed by atoms with Crippen LogP contribution >= 0.6 is 27.3 Å². The number of carboxylic acids is 1. The van der Waals surface area contributed by atoms with Gasteiger partial charge in [0.2, 0.25) is 0 Å². The Balaban J connectivity index is 2.69. The van der Waals surface area contributed by atoms with Gasteiger partial charge in [0.1, 0.15) is 0 Å². The maximum absolute atomic E-state index is 10.3. The van der Waals surface area contributed by atoms with E-state index in [9.17, 15) is 4.79 Å². The van der Waals surface area contributed by atoms with Crippen LogP contribution in [-0.2, 0) is 11.2 Å². The molecule has 0 radical (unpaired) electrons. The third-order valence-electron chi connectivity index (χ3n) is 1.44. The summed E-state index contributed by atoms with van der Waals surface area (Å²) in [5, 5.41) is 18.1. The second kappa shape index (κ2) is 4.17. The summed E-state index contributed by atoms with van der Waals surface area (Å²) in [6.07, 6.45) is -1.30. The predicted molar refractivity (Wildman–Crippen MR) is 51.9 cm³/mol. The fourth-order valence-electron chi connectivity index (χ4n) is 0.771. The van der Waals surface area contributed by atoms with E-state index in [0.29, 0.717) is 5.01 Å². The average molecular weight is 266 g/mol. The highest BCUT2D eigenvalue weighted by molar-refractivity contribution is 9.11. The summed E-state index contributed by atoms with van der Waals surface area (Å²) >= 11 is 4.61. The van der Waals surface area contributed by atoms with Gasteiger partial charge in [0, 0.05) is 6.42 Å². The fraction of sp³-hybridized carbons (Fsp3) is 0.429. The van der Waals surface area contributed by atoms with E-state index in [2.05, 4.69) is 20.9 Å². The quantitative estimate of drug-likeness (QED) is 0.862. The van der Waals surface area contributed by atoms with Crippen LogP contribution in [0.25, 0.3) is 0 Å². The number of aliphatic carboxylic acids is 1.